The predicted molar refractivity (Wildman–Crippen MR) is 117 cm³/mol. The lowest BCUT2D eigenvalue weighted by Gasteiger charge is -2.14. The average molecular weight is 447 g/mol. The first kappa shape index (κ1) is 22.1. The lowest BCUT2D eigenvalue weighted by Crippen LogP contribution is -2.19. The van der Waals surface area contributed by atoms with Crippen LogP contribution in [0.1, 0.15) is 21.6 Å². The number of carbonyl (C=O) groups is 1. The Hall–Kier alpha value is -2.61. The maximum absolute atomic E-state index is 13.5. The van der Waals surface area contributed by atoms with Gasteiger partial charge in [-0.1, -0.05) is 29.8 Å². The summed E-state index contributed by atoms with van der Waals surface area (Å²) in [6.45, 7) is 4.33. The van der Waals surface area contributed by atoms with Crippen LogP contribution in [0.2, 0.25) is 5.02 Å². The van der Waals surface area contributed by atoms with E-state index in [9.17, 15) is 13.2 Å². The lowest BCUT2D eigenvalue weighted by atomic mass is 10.2. The van der Waals surface area contributed by atoms with Crippen LogP contribution in [0.4, 0.5) is 5.82 Å². The van der Waals surface area contributed by atoms with Crippen molar-refractivity contribution in [3.05, 3.63) is 76.4 Å². The second kappa shape index (κ2) is 9.04. The summed E-state index contributed by atoms with van der Waals surface area (Å²) in [4.78, 5) is 13.1. The number of ether oxygens (including phenoxy) is 1. The van der Waals surface area contributed by atoms with E-state index >= 15 is 0 Å². The van der Waals surface area contributed by atoms with E-state index in [1.807, 2.05) is 6.92 Å². The van der Waals surface area contributed by atoms with Gasteiger partial charge in [0.05, 0.1) is 11.5 Å². The number of anilines is 1. The Morgan fingerprint density at radius 3 is 2.30 bits per heavy atom. The number of halogens is 1. The molecule has 1 amide bonds. The molecule has 0 saturated heterocycles. The first-order valence-electron chi connectivity index (χ1n) is 9.33. The number of hydrogen-bond acceptors (Lipinski definition) is 4. The van der Waals surface area contributed by atoms with E-state index in [0.717, 1.165) is 5.69 Å². The van der Waals surface area contributed by atoms with Crippen molar-refractivity contribution in [2.24, 2.45) is 0 Å². The molecule has 30 heavy (non-hydrogen) atoms. The standard InChI is InChI=1S/C22H23ClN2O4S/c1-15-16(2)25(13-14-29-3)21(24-22(26)17-9-11-18(23)12-10-17)20(15)30(27,28)19-7-5-4-6-8-19/h4-12H,13-14H2,1-3H3,(H,24,26). The first-order chi connectivity index (χ1) is 14.3. The third kappa shape index (κ3) is 4.28. The number of benzene rings is 2. The minimum absolute atomic E-state index is 0.0876. The molecular weight excluding hydrogens is 424 g/mol. The summed E-state index contributed by atoms with van der Waals surface area (Å²) >= 11 is 5.91. The largest absolute Gasteiger partial charge is 0.383 e. The molecular formula is C22H23ClN2O4S. The van der Waals surface area contributed by atoms with Crippen LogP contribution in [-0.2, 0) is 21.1 Å². The summed E-state index contributed by atoms with van der Waals surface area (Å²) in [5, 5.41) is 3.32. The zero-order valence-corrected chi connectivity index (χ0v) is 18.5. The van der Waals surface area contributed by atoms with E-state index in [0.29, 0.717) is 29.3 Å². The minimum atomic E-state index is -3.86. The number of rotatable bonds is 7. The molecule has 0 radical (unpaired) electrons. The number of nitrogens with zero attached hydrogens (tertiary/aromatic N) is 1. The number of methoxy groups -OCH3 is 1. The minimum Gasteiger partial charge on any atom is -0.383 e. The van der Waals surface area contributed by atoms with Gasteiger partial charge in [0, 0.05) is 29.9 Å². The van der Waals surface area contributed by atoms with Crippen LogP contribution in [0, 0.1) is 13.8 Å². The van der Waals surface area contributed by atoms with Gasteiger partial charge in [-0.25, -0.2) is 8.42 Å². The highest BCUT2D eigenvalue weighted by Crippen LogP contribution is 2.35. The smallest absolute Gasteiger partial charge is 0.256 e. The zero-order chi connectivity index (χ0) is 21.9. The maximum Gasteiger partial charge on any atom is 0.256 e. The van der Waals surface area contributed by atoms with Gasteiger partial charge in [-0.05, 0) is 55.8 Å². The summed E-state index contributed by atoms with van der Waals surface area (Å²) in [7, 11) is -2.29. The van der Waals surface area contributed by atoms with Gasteiger partial charge in [-0.3, -0.25) is 4.79 Å². The fourth-order valence-electron chi connectivity index (χ4n) is 3.25. The monoisotopic (exact) mass is 446 g/mol. The van der Waals surface area contributed by atoms with Crippen LogP contribution in [0.25, 0.3) is 0 Å². The molecule has 1 heterocycles. The molecule has 0 aliphatic rings. The van der Waals surface area contributed by atoms with Gasteiger partial charge < -0.3 is 14.6 Å². The highest BCUT2D eigenvalue weighted by molar-refractivity contribution is 7.91. The van der Waals surface area contributed by atoms with Crippen LogP contribution < -0.4 is 5.32 Å². The molecule has 1 aromatic heterocycles. The number of amides is 1. The van der Waals surface area contributed by atoms with Crippen LogP contribution >= 0.6 is 11.6 Å². The number of carbonyl (C=O) groups excluding carboxylic acids is 1. The fraction of sp³-hybridized carbons (Fsp3) is 0.227. The molecule has 0 unspecified atom stereocenters. The van der Waals surface area contributed by atoms with Gasteiger partial charge in [-0.15, -0.1) is 0 Å². The summed E-state index contributed by atoms with van der Waals surface area (Å²) in [6, 6.07) is 14.6. The number of nitrogens with one attached hydrogen (secondary N) is 1. The predicted octanol–water partition coefficient (Wildman–Crippen LogP) is 4.49. The van der Waals surface area contributed by atoms with Crippen molar-refractivity contribution in [1.82, 2.24) is 4.57 Å². The molecule has 3 aromatic rings. The third-order valence-corrected chi connectivity index (χ3v) is 7.13. The first-order valence-corrected chi connectivity index (χ1v) is 11.2. The maximum atomic E-state index is 13.5. The molecule has 0 spiro atoms. The van der Waals surface area contributed by atoms with Gasteiger partial charge in [0.25, 0.3) is 5.91 Å². The Morgan fingerprint density at radius 2 is 1.70 bits per heavy atom. The van der Waals surface area contributed by atoms with Gasteiger partial charge >= 0.3 is 0 Å². The molecule has 158 valence electrons. The van der Waals surface area contributed by atoms with Crippen molar-refractivity contribution in [3.63, 3.8) is 0 Å². The van der Waals surface area contributed by atoms with E-state index in [-0.39, 0.29) is 15.6 Å². The van der Waals surface area contributed by atoms with Gasteiger partial charge in [0.1, 0.15) is 10.7 Å². The van der Waals surface area contributed by atoms with Crippen molar-refractivity contribution in [2.75, 3.05) is 19.0 Å². The zero-order valence-electron chi connectivity index (χ0n) is 17.0. The Morgan fingerprint density at radius 1 is 1.07 bits per heavy atom. The molecule has 0 atom stereocenters. The van der Waals surface area contributed by atoms with Gasteiger partial charge in [0.15, 0.2) is 0 Å². The van der Waals surface area contributed by atoms with Crippen LogP contribution in [0.15, 0.2) is 64.4 Å². The van der Waals surface area contributed by atoms with E-state index in [2.05, 4.69) is 5.32 Å². The van der Waals surface area contributed by atoms with Gasteiger partial charge in [-0.2, -0.15) is 0 Å². The molecule has 2 aromatic carbocycles. The Labute approximate surface area is 181 Å². The van der Waals surface area contributed by atoms with Crippen molar-refractivity contribution in [2.45, 2.75) is 30.2 Å². The van der Waals surface area contributed by atoms with E-state index in [1.54, 1.807) is 73.2 Å². The summed E-state index contributed by atoms with van der Waals surface area (Å²) in [5.41, 5.74) is 1.70. The van der Waals surface area contributed by atoms with Crippen LogP contribution in [0.5, 0.6) is 0 Å². The quantitative estimate of drug-likeness (QED) is 0.580. The van der Waals surface area contributed by atoms with E-state index in [4.69, 9.17) is 16.3 Å². The molecule has 1 N–H and O–H groups in total. The molecule has 3 rings (SSSR count). The highest BCUT2D eigenvalue weighted by atomic mass is 35.5. The molecule has 6 nitrogen and oxygen atoms in total. The van der Waals surface area contributed by atoms with E-state index in [1.165, 1.54) is 0 Å². The normalized spacial score (nSPS) is 11.5. The SMILES string of the molecule is COCCn1c(C)c(C)c(S(=O)(=O)c2ccccc2)c1NC(=O)c1ccc(Cl)cc1. The lowest BCUT2D eigenvalue weighted by molar-refractivity contribution is 0.102. The summed E-state index contributed by atoms with van der Waals surface area (Å²) < 4.78 is 33.9. The Balaban J connectivity index is 2.15. The fourth-order valence-corrected chi connectivity index (χ4v) is 5.09. The number of sulfone groups is 1. The molecule has 0 fully saturated rings. The third-order valence-electron chi connectivity index (χ3n) is 4.95. The van der Waals surface area contributed by atoms with Crippen molar-refractivity contribution >= 4 is 33.2 Å². The topological polar surface area (TPSA) is 77.4 Å². The van der Waals surface area contributed by atoms with Crippen molar-refractivity contribution in [1.29, 1.82) is 0 Å². The number of aromatic nitrogens is 1. The summed E-state index contributed by atoms with van der Waals surface area (Å²) in [6.07, 6.45) is 0. The molecule has 8 heteroatoms. The highest BCUT2D eigenvalue weighted by Gasteiger charge is 2.30. The van der Waals surface area contributed by atoms with Crippen LogP contribution in [0.3, 0.4) is 0 Å². The second-order valence-electron chi connectivity index (χ2n) is 6.81. The molecule has 0 aliphatic heterocycles. The average Bonchev–Trinajstić information content (AvgIpc) is 2.97. The molecule has 0 bridgehead atoms. The van der Waals surface area contributed by atoms with Crippen LogP contribution in [-0.4, -0.2) is 32.6 Å². The van der Waals surface area contributed by atoms with Crippen molar-refractivity contribution in [3.8, 4) is 0 Å². The Bertz CT molecular complexity index is 1150. The molecule has 0 saturated carbocycles. The van der Waals surface area contributed by atoms with E-state index < -0.39 is 15.7 Å². The second-order valence-corrected chi connectivity index (χ2v) is 9.13. The van der Waals surface area contributed by atoms with Crippen molar-refractivity contribution < 1.29 is 17.9 Å². The van der Waals surface area contributed by atoms with Gasteiger partial charge in [0.2, 0.25) is 9.84 Å². The Kier molecular flexibility index (Phi) is 6.65. The summed E-state index contributed by atoms with van der Waals surface area (Å²) in [5.74, 6) is -0.196. The molecule has 0 aliphatic carbocycles. The number of hydrogen-bond donors (Lipinski definition) is 1.